The van der Waals surface area contributed by atoms with Crippen LogP contribution in [0.5, 0.6) is 0 Å². The number of aryl methyl sites for hydroxylation is 2. The second kappa shape index (κ2) is 7.66. The van der Waals surface area contributed by atoms with Crippen LogP contribution in [-0.4, -0.2) is 45.7 Å². The van der Waals surface area contributed by atoms with E-state index in [0.29, 0.717) is 12.0 Å². The first-order valence-corrected chi connectivity index (χ1v) is 10.6. The van der Waals surface area contributed by atoms with Gasteiger partial charge in [-0.05, 0) is 57.0 Å². The van der Waals surface area contributed by atoms with Crippen molar-refractivity contribution >= 4 is 21.6 Å². The molecule has 0 atom stereocenters. The molecule has 4 rings (SSSR count). The standard InChI is InChI=1S/C22H27N3OS/c1-4-25(9-10-26)18-11-17(12-18)22-24-20-8-6-16(13-21(20)27-22)19-7-5-14(2)23-15(19)3/h5-8,13,17-18,26H,4,9-12H2,1-3H3/t17-,18-. The molecule has 1 aliphatic carbocycles. The number of rotatable bonds is 6. The topological polar surface area (TPSA) is 49.2 Å². The minimum absolute atomic E-state index is 0.242. The monoisotopic (exact) mass is 381 g/mol. The van der Waals surface area contributed by atoms with E-state index >= 15 is 0 Å². The van der Waals surface area contributed by atoms with Crippen LogP contribution in [0.3, 0.4) is 0 Å². The number of hydrogen-bond acceptors (Lipinski definition) is 5. The van der Waals surface area contributed by atoms with Crippen LogP contribution in [0.4, 0.5) is 0 Å². The number of pyridine rings is 1. The van der Waals surface area contributed by atoms with Gasteiger partial charge in [0.1, 0.15) is 0 Å². The van der Waals surface area contributed by atoms with E-state index in [1.54, 1.807) is 0 Å². The Labute approximate surface area is 164 Å². The molecule has 3 aromatic rings. The maximum absolute atomic E-state index is 9.21. The number of likely N-dealkylation sites (N-methyl/N-ethyl adjacent to an activating group) is 1. The number of nitrogens with zero attached hydrogens (tertiary/aromatic N) is 3. The van der Waals surface area contributed by atoms with Crippen LogP contribution in [0.25, 0.3) is 21.3 Å². The third kappa shape index (κ3) is 3.64. The molecule has 4 nitrogen and oxygen atoms in total. The number of aromatic nitrogens is 2. The Morgan fingerprint density at radius 1 is 1.15 bits per heavy atom. The smallest absolute Gasteiger partial charge is 0.0970 e. The largest absolute Gasteiger partial charge is 0.395 e. The molecule has 0 bridgehead atoms. The molecular weight excluding hydrogens is 354 g/mol. The van der Waals surface area contributed by atoms with E-state index in [9.17, 15) is 5.11 Å². The van der Waals surface area contributed by atoms with E-state index in [1.165, 1.54) is 20.8 Å². The Kier molecular flexibility index (Phi) is 5.26. The number of hydrogen-bond donors (Lipinski definition) is 1. The fourth-order valence-corrected chi connectivity index (χ4v) is 5.22. The Balaban J connectivity index is 1.54. The van der Waals surface area contributed by atoms with Gasteiger partial charge in [-0.15, -0.1) is 11.3 Å². The summed E-state index contributed by atoms with van der Waals surface area (Å²) in [6.07, 6.45) is 2.31. The van der Waals surface area contributed by atoms with Crippen molar-refractivity contribution in [2.75, 3.05) is 19.7 Å². The molecule has 0 unspecified atom stereocenters. The van der Waals surface area contributed by atoms with Crippen LogP contribution >= 0.6 is 11.3 Å². The maximum atomic E-state index is 9.21. The van der Waals surface area contributed by atoms with Gasteiger partial charge in [0, 0.05) is 35.5 Å². The second-order valence-corrected chi connectivity index (χ2v) is 8.56. The molecule has 142 valence electrons. The molecule has 0 saturated heterocycles. The maximum Gasteiger partial charge on any atom is 0.0970 e. The van der Waals surface area contributed by atoms with E-state index in [4.69, 9.17) is 4.98 Å². The first-order chi connectivity index (χ1) is 13.1. The van der Waals surface area contributed by atoms with Crippen molar-refractivity contribution in [1.82, 2.24) is 14.9 Å². The van der Waals surface area contributed by atoms with Gasteiger partial charge >= 0.3 is 0 Å². The third-order valence-corrected chi connectivity index (χ3v) is 6.89. The van der Waals surface area contributed by atoms with Crippen molar-refractivity contribution in [1.29, 1.82) is 0 Å². The molecule has 0 spiro atoms. The quantitative estimate of drug-likeness (QED) is 0.681. The normalized spacial score (nSPS) is 19.6. The number of thiazole rings is 1. The van der Waals surface area contributed by atoms with Crippen LogP contribution in [0, 0.1) is 13.8 Å². The summed E-state index contributed by atoms with van der Waals surface area (Å²) in [5, 5.41) is 10.5. The van der Waals surface area contributed by atoms with Crippen LogP contribution in [0.1, 0.15) is 42.1 Å². The van der Waals surface area contributed by atoms with E-state index in [1.807, 2.05) is 18.3 Å². The molecule has 1 aromatic carbocycles. The zero-order valence-corrected chi connectivity index (χ0v) is 17.1. The SMILES string of the molecule is CCN(CCO)[C@H]1C[C@H](c2nc3ccc(-c4ccc(C)nc4C)cc3s2)C1. The average molecular weight is 382 g/mol. The Morgan fingerprint density at radius 2 is 1.96 bits per heavy atom. The molecule has 5 heteroatoms. The van der Waals surface area contributed by atoms with Gasteiger partial charge in [-0.1, -0.05) is 19.1 Å². The highest BCUT2D eigenvalue weighted by molar-refractivity contribution is 7.18. The summed E-state index contributed by atoms with van der Waals surface area (Å²) in [5.41, 5.74) is 5.64. The Bertz CT molecular complexity index is 946. The van der Waals surface area contributed by atoms with E-state index < -0.39 is 0 Å². The third-order valence-electron chi connectivity index (χ3n) is 5.71. The van der Waals surface area contributed by atoms with Crippen LogP contribution in [0.15, 0.2) is 30.3 Å². The number of benzene rings is 1. The van der Waals surface area contributed by atoms with Crippen LogP contribution < -0.4 is 0 Å². The highest BCUT2D eigenvalue weighted by Gasteiger charge is 2.35. The molecule has 1 N–H and O–H groups in total. The lowest BCUT2D eigenvalue weighted by atomic mass is 9.79. The average Bonchev–Trinajstić information content (AvgIpc) is 3.02. The highest BCUT2D eigenvalue weighted by Crippen LogP contribution is 2.43. The molecule has 0 amide bonds. The zero-order chi connectivity index (χ0) is 19.0. The van der Waals surface area contributed by atoms with E-state index in [0.717, 1.165) is 42.8 Å². The molecule has 1 aliphatic rings. The van der Waals surface area contributed by atoms with Crippen molar-refractivity contribution in [2.24, 2.45) is 0 Å². The predicted octanol–water partition coefficient (Wildman–Crippen LogP) is 4.54. The molecule has 0 aliphatic heterocycles. The summed E-state index contributed by atoms with van der Waals surface area (Å²) in [4.78, 5) is 11.9. The molecule has 27 heavy (non-hydrogen) atoms. The zero-order valence-electron chi connectivity index (χ0n) is 16.3. The Hall–Kier alpha value is -1.82. The fraction of sp³-hybridized carbons (Fsp3) is 0.455. The second-order valence-electron chi connectivity index (χ2n) is 7.49. The van der Waals surface area contributed by atoms with Crippen molar-refractivity contribution in [3.05, 3.63) is 46.7 Å². The summed E-state index contributed by atoms with van der Waals surface area (Å²) in [7, 11) is 0. The van der Waals surface area contributed by atoms with Gasteiger partial charge < -0.3 is 5.11 Å². The summed E-state index contributed by atoms with van der Waals surface area (Å²) in [6.45, 7) is 8.30. The van der Waals surface area contributed by atoms with Gasteiger partial charge in [-0.3, -0.25) is 9.88 Å². The highest BCUT2D eigenvalue weighted by atomic mass is 32.1. The molecule has 2 aromatic heterocycles. The van der Waals surface area contributed by atoms with Gasteiger partial charge in [0.25, 0.3) is 0 Å². The lowest BCUT2D eigenvalue weighted by Gasteiger charge is -2.41. The lowest BCUT2D eigenvalue weighted by Crippen LogP contribution is -2.44. The fourth-order valence-electron chi connectivity index (χ4n) is 4.09. The summed E-state index contributed by atoms with van der Waals surface area (Å²) < 4.78 is 1.26. The summed E-state index contributed by atoms with van der Waals surface area (Å²) in [6, 6.07) is 11.4. The van der Waals surface area contributed by atoms with Gasteiger partial charge in [0.05, 0.1) is 21.8 Å². The van der Waals surface area contributed by atoms with Crippen molar-refractivity contribution in [3.63, 3.8) is 0 Å². The minimum atomic E-state index is 0.242. The first kappa shape index (κ1) is 18.5. The summed E-state index contributed by atoms with van der Waals surface area (Å²) >= 11 is 1.83. The van der Waals surface area contributed by atoms with Crippen molar-refractivity contribution < 1.29 is 5.11 Å². The van der Waals surface area contributed by atoms with Gasteiger partial charge in [-0.2, -0.15) is 0 Å². The summed E-state index contributed by atoms with van der Waals surface area (Å²) in [5.74, 6) is 0.561. The molecule has 1 fully saturated rings. The van der Waals surface area contributed by atoms with E-state index in [-0.39, 0.29) is 6.61 Å². The van der Waals surface area contributed by atoms with Gasteiger partial charge in [-0.25, -0.2) is 4.98 Å². The van der Waals surface area contributed by atoms with E-state index in [2.05, 4.69) is 54.1 Å². The van der Waals surface area contributed by atoms with Gasteiger partial charge in [0.2, 0.25) is 0 Å². The molecule has 0 radical (unpaired) electrons. The number of aliphatic hydroxyl groups is 1. The predicted molar refractivity (Wildman–Crippen MR) is 112 cm³/mol. The number of aliphatic hydroxyl groups excluding tert-OH is 1. The van der Waals surface area contributed by atoms with Crippen LogP contribution in [-0.2, 0) is 0 Å². The van der Waals surface area contributed by atoms with Crippen molar-refractivity contribution in [2.45, 2.75) is 45.6 Å². The minimum Gasteiger partial charge on any atom is -0.395 e. The number of fused-ring (bicyclic) bond motifs is 1. The van der Waals surface area contributed by atoms with Gasteiger partial charge in [0.15, 0.2) is 0 Å². The molecule has 2 heterocycles. The molecular formula is C22H27N3OS. The first-order valence-electron chi connectivity index (χ1n) is 9.79. The van der Waals surface area contributed by atoms with Crippen molar-refractivity contribution in [3.8, 4) is 11.1 Å². The lowest BCUT2D eigenvalue weighted by molar-refractivity contribution is 0.0923. The Morgan fingerprint density at radius 3 is 2.67 bits per heavy atom. The van der Waals surface area contributed by atoms with Crippen LogP contribution in [0.2, 0.25) is 0 Å². The molecule has 1 saturated carbocycles.